The van der Waals surface area contributed by atoms with Gasteiger partial charge in [0, 0.05) is 12.6 Å². The van der Waals surface area contributed by atoms with Gasteiger partial charge >= 0.3 is 0 Å². The number of carbonyl (C=O) groups is 1. The molecule has 0 bridgehead atoms. The third kappa shape index (κ3) is 5.30. The molecular weight excluding hydrogens is 266 g/mol. The van der Waals surface area contributed by atoms with Gasteiger partial charge in [-0.3, -0.25) is 4.79 Å². The number of nitrogens with zero attached hydrogens (tertiary/aromatic N) is 3. The van der Waals surface area contributed by atoms with E-state index in [9.17, 15) is 4.79 Å². The highest BCUT2D eigenvalue weighted by Gasteiger charge is 2.18. The maximum absolute atomic E-state index is 12.0. The van der Waals surface area contributed by atoms with Crippen LogP contribution in [0, 0.1) is 0 Å². The van der Waals surface area contributed by atoms with E-state index in [2.05, 4.69) is 39.6 Å². The highest BCUT2D eigenvalue weighted by molar-refractivity contribution is 5.92. The van der Waals surface area contributed by atoms with Gasteiger partial charge in [-0.15, -0.1) is 0 Å². The molecule has 6 nitrogen and oxygen atoms in total. The second kappa shape index (κ2) is 7.93. The monoisotopic (exact) mass is 291 g/mol. The van der Waals surface area contributed by atoms with Crippen molar-refractivity contribution in [3.63, 3.8) is 0 Å². The van der Waals surface area contributed by atoms with Crippen molar-refractivity contribution in [3.8, 4) is 0 Å². The first-order valence-electron chi connectivity index (χ1n) is 7.66. The fourth-order valence-electron chi connectivity index (χ4n) is 2.48. The van der Waals surface area contributed by atoms with Gasteiger partial charge in [0.2, 0.25) is 0 Å². The minimum Gasteiger partial charge on any atom is -0.369 e. The minimum absolute atomic E-state index is 0.117. The van der Waals surface area contributed by atoms with E-state index < -0.39 is 0 Å². The maximum Gasteiger partial charge on any atom is 0.271 e. The molecule has 2 rings (SSSR count). The van der Waals surface area contributed by atoms with Crippen LogP contribution in [0.5, 0.6) is 0 Å². The molecule has 2 N–H and O–H groups in total. The van der Waals surface area contributed by atoms with Crippen LogP contribution < -0.4 is 10.6 Å². The van der Waals surface area contributed by atoms with Crippen LogP contribution in [-0.4, -0.2) is 54.0 Å². The van der Waals surface area contributed by atoms with Crippen LogP contribution in [0.4, 0.5) is 5.82 Å². The number of amides is 1. The van der Waals surface area contributed by atoms with E-state index in [1.54, 1.807) is 12.4 Å². The quantitative estimate of drug-likeness (QED) is 0.745. The van der Waals surface area contributed by atoms with Crippen molar-refractivity contribution in [2.75, 3.05) is 32.5 Å². The molecule has 0 spiro atoms. The Kier molecular flexibility index (Phi) is 5.92. The summed E-state index contributed by atoms with van der Waals surface area (Å²) in [5.74, 6) is 0.597. The summed E-state index contributed by atoms with van der Waals surface area (Å²) in [6.07, 6.45) is 8.75. The van der Waals surface area contributed by atoms with Crippen molar-refractivity contribution in [1.29, 1.82) is 0 Å². The number of anilines is 1. The predicted octanol–water partition coefficient (Wildman–Crippen LogP) is 1.51. The minimum atomic E-state index is -0.117. The van der Waals surface area contributed by atoms with Crippen LogP contribution in [0.25, 0.3) is 0 Å². The van der Waals surface area contributed by atoms with Gasteiger partial charge < -0.3 is 15.5 Å². The zero-order chi connectivity index (χ0) is 15.1. The SMILES string of the molecule is CN(C)CCCNc1cnc(C(=O)NC2CCCC2)cn1. The molecule has 116 valence electrons. The Labute approximate surface area is 126 Å². The van der Waals surface area contributed by atoms with Crippen molar-refractivity contribution in [2.45, 2.75) is 38.1 Å². The van der Waals surface area contributed by atoms with Crippen LogP contribution in [-0.2, 0) is 0 Å². The van der Waals surface area contributed by atoms with E-state index in [0.717, 1.165) is 32.4 Å². The summed E-state index contributed by atoms with van der Waals surface area (Å²) in [7, 11) is 4.11. The zero-order valence-corrected chi connectivity index (χ0v) is 12.9. The second-order valence-corrected chi connectivity index (χ2v) is 5.83. The van der Waals surface area contributed by atoms with Crippen molar-refractivity contribution in [1.82, 2.24) is 20.2 Å². The molecule has 1 fully saturated rings. The van der Waals surface area contributed by atoms with Gasteiger partial charge in [-0.1, -0.05) is 12.8 Å². The lowest BCUT2D eigenvalue weighted by Crippen LogP contribution is -2.33. The molecular formula is C15H25N5O. The molecule has 1 saturated carbocycles. The van der Waals surface area contributed by atoms with Crippen molar-refractivity contribution < 1.29 is 4.79 Å². The topological polar surface area (TPSA) is 70.2 Å². The van der Waals surface area contributed by atoms with E-state index in [-0.39, 0.29) is 5.91 Å². The largest absolute Gasteiger partial charge is 0.369 e. The number of carbonyl (C=O) groups excluding carboxylic acids is 1. The fourth-order valence-corrected chi connectivity index (χ4v) is 2.48. The first-order chi connectivity index (χ1) is 10.1. The van der Waals surface area contributed by atoms with Gasteiger partial charge in [0.15, 0.2) is 0 Å². The standard InChI is InChI=1S/C15H25N5O/c1-20(2)9-5-8-16-14-11-17-13(10-18-14)15(21)19-12-6-3-4-7-12/h10-12H,3-9H2,1-2H3,(H,16,18)(H,19,21). The summed E-state index contributed by atoms with van der Waals surface area (Å²) in [6.45, 7) is 1.88. The Hall–Kier alpha value is -1.69. The van der Waals surface area contributed by atoms with Gasteiger partial charge in [0.25, 0.3) is 5.91 Å². The van der Waals surface area contributed by atoms with E-state index in [1.165, 1.54) is 12.8 Å². The van der Waals surface area contributed by atoms with E-state index in [1.807, 2.05) is 0 Å². The molecule has 0 saturated heterocycles. The predicted molar refractivity (Wildman–Crippen MR) is 83.4 cm³/mol. The molecule has 1 heterocycles. The highest BCUT2D eigenvalue weighted by Crippen LogP contribution is 2.17. The summed E-state index contributed by atoms with van der Waals surface area (Å²) in [5.41, 5.74) is 0.390. The van der Waals surface area contributed by atoms with Crippen molar-refractivity contribution >= 4 is 11.7 Å². The molecule has 6 heteroatoms. The molecule has 0 aliphatic heterocycles. The lowest BCUT2D eigenvalue weighted by atomic mass is 10.2. The number of hydrogen-bond acceptors (Lipinski definition) is 5. The Morgan fingerprint density at radius 2 is 2.05 bits per heavy atom. The average molecular weight is 291 g/mol. The number of hydrogen-bond donors (Lipinski definition) is 2. The second-order valence-electron chi connectivity index (χ2n) is 5.83. The molecule has 1 amide bonds. The normalized spacial score (nSPS) is 15.4. The van der Waals surface area contributed by atoms with Crippen LogP contribution in [0.1, 0.15) is 42.6 Å². The van der Waals surface area contributed by atoms with Gasteiger partial charge in [-0.05, 0) is 39.9 Å². The molecule has 0 radical (unpaired) electrons. The summed E-state index contributed by atoms with van der Waals surface area (Å²) < 4.78 is 0. The third-order valence-corrected chi connectivity index (χ3v) is 3.66. The molecule has 21 heavy (non-hydrogen) atoms. The summed E-state index contributed by atoms with van der Waals surface area (Å²) in [4.78, 5) is 22.6. The average Bonchev–Trinajstić information content (AvgIpc) is 2.97. The Morgan fingerprint density at radius 3 is 2.67 bits per heavy atom. The Morgan fingerprint density at radius 1 is 1.29 bits per heavy atom. The molecule has 0 unspecified atom stereocenters. The van der Waals surface area contributed by atoms with Crippen LogP contribution in [0.2, 0.25) is 0 Å². The van der Waals surface area contributed by atoms with Gasteiger partial charge in [0.1, 0.15) is 11.5 Å². The number of aromatic nitrogens is 2. The summed E-state index contributed by atoms with van der Waals surface area (Å²) in [6, 6.07) is 0.308. The lowest BCUT2D eigenvalue weighted by Gasteiger charge is -2.12. The summed E-state index contributed by atoms with van der Waals surface area (Å²) in [5, 5.41) is 6.22. The van der Waals surface area contributed by atoms with E-state index in [4.69, 9.17) is 0 Å². The van der Waals surface area contributed by atoms with Crippen LogP contribution >= 0.6 is 0 Å². The van der Waals surface area contributed by atoms with E-state index in [0.29, 0.717) is 17.6 Å². The third-order valence-electron chi connectivity index (χ3n) is 3.66. The van der Waals surface area contributed by atoms with E-state index >= 15 is 0 Å². The first-order valence-corrected chi connectivity index (χ1v) is 7.66. The highest BCUT2D eigenvalue weighted by atomic mass is 16.1. The fraction of sp³-hybridized carbons (Fsp3) is 0.667. The smallest absolute Gasteiger partial charge is 0.271 e. The first kappa shape index (κ1) is 15.7. The van der Waals surface area contributed by atoms with Gasteiger partial charge in [-0.2, -0.15) is 0 Å². The van der Waals surface area contributed by atoms with Crippen molar-refractivity contribution in [2.24, 2.45) is 0 Å². The number of nitrogens with one attached hydrogen (secondary N) is 2. The lowest BCUT2D eigenvalue weighted by molar-refractivity contribution is 0.0932. The number of rotatable bonds is 7. The van der Waals surface area contributed by atoms with Crippen LogP contribution in [0.3, 0.4) is 0 Å². The Bertz CT molecular complexity index is 440. The zero-order valence-electron chi connectivity index (χ0n) is 12.9. The molecule has 1 aliphatic carbocycles. The van der Waals surface area contributed by atoms with Crippen LogP contribution in [0.15, 0.2) is 12.4 Å². The van der Waals surface area contributed by atoms with Gasteiger partial charge in [0.05, 0.1) is 12.4 Å². The maximum atomic E-state index is 12.0. The van der Waals surface area contributed by atoms with Crippen molar-refractivity contribution in [3.05, 3.63) is 18.1 Å². The Balaban J connectivity index is 1.76. The molecule has 0 aromatic carbocycles. The van der Waals surface area contributed by atoms with Gasteiger partial charge in [-0.25, -0.2) is 9.97 Å². The molecule has 1 aliphatic rings. The summed E-state index contributed by atoms with van der Waals surface area (Å²) >= 11 is 0. The molecule has 1 aromatic heterocycles. The molecule has 1 aromatic rings. The molecule has 0 atom stereocenters.